The van der Waals surface area contributed by atoms with Gasteiger partial charge in [-0.15, -0.1) is 0 Å². The molecule has 0 unspecified atom stereocenters. The summed E-state index contributed by atoms with van der Waals surface area (Å²) in [6.07, 6.45) is 3.03. The van der Waals surface area contributed by atoms with E-state index in [1.165, 1.54) is 0 Å². The molecule has 0 fully saturated rings. The van der Waals surface area contributed by atoms with Crippen molar-refractivity contribution in [2.75, 3.05) is 6.61 Å². The predicted molar refractivity (Wildman–Crippen MR) is 44.4 cm³/mol. The average molecular weight is 160 g/mol. The molecule has 0 saturated carbocycles. The first kappa shape index (κ1) is 12.8. The third kappa shape index (κ3) is 27.1. The molecule has 0 aliphatic heterocycles. The molecule has 0 aromatic rings. The van der Waals surface area contributed by atoms with Crippen molar-refractivity contribution in [3.8, 4) is 0 Å². The molecule has 0 aliphatic carbocycles. The van der Waals surface area contributed by atoms with Gasteiger partial charge in [-0.2, -0.15) is 0 Å². The van der Waals surface area contributed by atoms with Gasteiger partial charge in [0, 0.05) is 6.92 Å². The Morgan fingerprint density at radius 1 is 1.45 bits per heavy atom. The van der Waals surface area contributed by atoms with E-state index in [2.05, 4.69) is 6.92 Å². The van der Waals surface area contributed by atoms with Crippen LogP contribution in [0.3, 0.4) is 0 Å². The second-order valence-electron chi connectivity index (χ2n) is 2.14. The Labute approximate surface area is 67.4 Å². The van der Waals surface area contributed by atoms with E-state index in [-0.39, 0.29) is 6.61 Å². The first-order chi connectivity index (χ1) is 5.04. The van der Waals surface area contributed by atoms with Crippen molar-refractivity contribution in [3.05, 3.63) is 11.6 Å². The fourth-order valence-corrected chi connectivity index (χ4v) is 0.413. The molecule has 3 heteroatoms. The molecular weight excluding hydrogens is 144 g/mol. The van der Waals surface area contributed by atoms with Gasteiger partial charge in [-0.1, -0.05) is 18.6 Å². The molecule has 0 aromatic heterocycles. The zero-order chi connectivity index (χ0) is 9.28. The third-order valence-corrected chi connectivity index (χ3v) is 0.802. The second-order valence-corrected chi connectivity index (χ2v) is 2.14. The molecule has 0 aliphatic rings. The molecule has 0 atom stereocenters. The van der Waals surface area contributed by atoms with Crippen molar-refractivity contribution in [1.82, 2.24) is 0 Å². The van der Waals surface area contributed by atoms with Crippen LogP contribution < -0.4 is 0 Å². The molecule has 2 N–H and O–H groups in total. The number of aliphatic carboxylic acids is 1. The van der Waals surface area contributed by atoms with Crippen LogP contribution in [0.2, 0.25) is 0 Å². The van der Waals surface area contributed by atoms with Crippen molar-refractivity contribution in [2.24, 2.45) is 0 Å². The van der Waals surface area contributed by atoms with Crippen molar-refractivity contribution in [2.45, 2.75) is 27.2 Å². The van der Waals surface area contributed by atoms with Gasteiger partial charge in [-0.3, -0.25) is 4.79 Å². The largest absolute Gasteiger partial charge is 0.481 e. The summed E-state index contributed by atoms with van der Waals surface area (Å²) in [5.41, 5.74) is 1.06. The first-order valence-corrected chi connectivity index (χ1v) is 3.50. The molecular formula is C8H16O3. The predicted octanol–water partition coefficient (Wildman–Crippen LogP) is 1.43. The van der Waals surface area contributed by atoms with E-state index in [9.17, 15) is 0 Å². The van der Waals surface area contributed by atoms with E-state index >= 15 is 0 Å². The summed E-state index contributed by atoms with van der Waals surface area (Å²) in [5, 5.41) is 15.8. The summed E-state index contributed by atoms with van der Waals surface area (Å²) in [6, 6.07) is 0. The van der Waals surface area contributed by atoms with Crippen LogP contribution in [0, 0.1) is 0 Å². The summed E-state index contributed by atoms with van der Waals surface area (Å²) in [7, 11) is 0. The fourth-order valence-electron chi connectivity index (χ4n) is 0.413. The average Bonchev–Trinajstić information content (AvgIpc) is 1.87. The number of carboxylic acids is 1. The van der Waals surface area contributed by atoms with Gasteiger partial charge in [0.05, 0.1) is 6.61 Å². The van der Waals surface area contributed by atoms with E-state index in [0.29, 0.717) is 0 Å². The molecule has 0 rings (SSSR count). The summed E-state index contributed by atoms with van der Waals surface area (Å²) in [5.74, 6) is -0.833. The molecule has 0 spiro atoms. The van der Waals surface area contributed by atoms with Crippen molar-refractivity contribution >= 4 is 5.97 Å². The van der Waals surface area contributed by atoms with E-state index < -0.39 is 5.97 Å². The number of hydrogen-bond acceptors (Lipinski definition) is 2. The van der Waals surface area contributed by atoms with Crippen LogP contribution >= 0.6 is 0 Å². The highest BCUT2D eigenvalue weighted by molar-refractivity contribution is 5.62. The first-order valence-electron chi connectivity index (χ1n) is 3.50. The molecule has 0 saturated heterocycles. The van der Waals surface area contributed by atoms with Gasteiger partial charge in [0.2, 0.25) is 0 Å². The van der Waals surface area contributed by atoms with Crippen LogP contribution in [0.4, 0.5) is 0 Å². The van der Waals surface area contributed by atoms with Gasteiger partial charge in [0.15, 0.2) is 0 Å². The number of rotatable bonds is 2. The zero-order valence-corrected chi connectivity index (χ0v) is 7.29. The second kappa shape index (κ2) is 9.17. The van der Waals surface area contributed by atoms with Crippen molar-refractivity contribution in [1.29, 1.82) is 0 Å². The van der Waals surface area contributed by atoms with Crippen LogP contribution in [0.1, 0.15) is 27.2 Å². The molecule has 66 valence electrons. The zero-order valence-electron chi connectivity index (χ0n) is 7.29. The SMILES string of the molecule is CC(=O)O.CCC=C(C)CO. The maximum atomic E-state index is 9.00. The maximum Gasteiger partial charge on any atom is 0.300 e. The van der Waals surface area contributed by atoms with E-state index in [4.69, 9.17) is 15.0 Å². The highest BCUT2D eigenvalue weighted by atomic mass is 16.4. The quantitative estimate of drug-likeness (QED) is 0.601. The lowest BCUT2D eigenvalue weighted by Gasteiger charge is -1.88. The van der Waals surface area contributed by atoms with E-state index in [1.54, 1.807) is 0 Å². The highest BCUT2D eigenvalue weighted by Gasteiger charge is 1.78. The van der Waals surface area contributed by atoms with E-state index in [0.717, 1.165) is 18.9 Å². The third-order valence-electron chi connectivity index (χ3n) is 0.802. The minimum atomic E-state index is -0.833. The number of aliphatic hydroxyl groups is 1. The number of hydrogen-bond donors (Lipinski definition) is 2. The van der Waals surface area contributed by atoms with Crippen molar-refractivity contribution in [3.63, 3.8) is 0 Å². The minimum Gasteiger partial charge on any atom is -0.481 e. The molecule has 0 heterocycles. The minimum absolute atomic E-state index is 0.202. The van der Waals surface area contributed by atoms with Crippen LogP contribution in [0.15, 0.2) is 11.6 Å². The van der Waals surface area contributed by atoms with Gasteiger partial charge >= 0.3 is 0 Å². The van der Waals surface area contributed by atoms with E-state index in [1.807, 2.05) is 13.0 Å². The Bertz CT molecular complexity index is 123. The molecule has 0 aromatic carbocycles. The van der Waals surface area contributed by atoms with Crippen LogP contribution in [-0.2, 0) is 4.79 Å². The Morgan fingerprint density at radius 2 is 1.82 bits per heavy atom. The number of allylic oxidation sites excluding steroid dienone is 1. The summed E-state index contributed by atoms with van der Waals surface area (Å²) >= 11 is 0. The normalized spacial score (nSPS) is 10.0. The molecule has 3 nitrogen and oxygen atoms in total. The lowest BCUT2D eigenvalue weighted by Crippen LogP contribution is -1.81. The Kier molecular flexibility index (Phi) is 10.7. The Morgan fingerprint density at radius 3 is 1.91 bits per heavy atom. The number of carbonyl (C=O) groups is 1. The smallest absolute Gasteiger partial charge is 0.300 e. The van der Waals surface area contributed by atoms with Gasteiger partial charge in [0.1, 0.15) is 0 Å². The summed E-state index contributed by atoms with van der Waals surface area (Å²) in [4.78, 5) is 9.00. The van der Waals surface area contributed by atoms with Crippen LogP contribution in [0.5, 0.6) is 0 Å². The molecule has 0 amide bonds. The van der Waals surface area contributed by atoms with Gasteiger partial charge in [-0.25, -0.2) is 0 Å². The monoisotopic (exact) mass is 160 g/mol. The summed E-state index contributed by atoms with van der Waals surface area (Å²) < 4.78 is 0. The Balaban J connectivity index is 0. The fraction of sp³-hybridized carbons (Fsp3) is 0.625. The topological polar surface area (TPSA) is 57.5 Å². The number of carboxylic acid groups (broad SMARTS) is 1. The van der Waals surface area contributed by atoms with Gasteiger partial charge in [0.25, 0.3) is 5.97 Å². The molecule has 11 heavy (non-hydrogen) atoms. The molecule has 0 radical (unpaired) electrons. The number of aliphatic hydroxyl groups excluding tert-OH is 1. The lowest BCUT2D eigenvalue weighted by molar-refractivity contribution is -0.134. The summed E-state index contributed by atoms with van der Waals surface area (Å²) in [6.45, 7) is 5.26. The van der Waals surface area contributed by atoms with Gasteiger partial charge in [-0.05, 0) is 13.3 Å². The highest BCUT2D eigenvalue weighted by Crippen LogP contribution is 1.90. The lowest BCUT2D eigenvalue weighted by atomic mass is 10.3. The Hall–Kier alpha value is -0.830. The standard InChI is InChI=1S/C6H12O.C2H4O2/c1-3-4-6(2)5-7;1-2(3)4/h4,7H,3,5H2,1-2H3;1H3,(H,3,4). The maximum absolute atomic E-state index is 9.00. The van der Waals surface area contributed by atoms with Crippen molar-refractivity contribution < 1.29 is 15.0 Å². The van der Waals surface area contributed by atoms with Crippen LogP contribution in [0.25, 0.3) is 0 Å². The molecule has 0 bridgehead atoms. The van der Waals surface area contributed by atoms with Gasteiger partial charge < -0.3 is 10.2 Å². The van der Waals surface area contributed by atoms with Crippen LogP contribution in [-0.4, -0.2) is 22.8 Å².